The number of hydrogen-bond donors (Lipinski definition) is 3. The first-order valence-corrected chi connectivity index (χ1v) is 9.37. The number of nitrogens with one attached hydrogen (secondary N) is 3. The summed E-state index contributed by atoms with van der Waals surface area (Å²) in [6.07, 6.45) is 4.69. The van der Waals surface area contributed by atoms with Gasteiger partial charge in [-0.2, -0.15) is 4.98 Å². The highest BCUT2D eigenvalue weighted by atomic mass is 16.5. The van der Waals surface area contributed by atoms with Crippen molar-refractivity contribution in [1.29, 1.82) is 0 Å². The third kappa shape index (κ3) is 5.25. The molecule has 0 radical (unpaired) electrons. The first-order valence-electron chi connectivity index (χ1n) is 9.37. The van der Waals surface area contributed by atoms with Gasteiger partial charge < -0.3 is 24.5 Å². The van der Waals surface area contributed by atoms with E-state index in [-0.39, 0.29) is 6.04 Å². The van der Waals surface area contributed by atoms with Crippen LogP contribution in [0.2, 0.25) is 0 Å². The molecule has 0 aliphatic carbocycles. The van der Waals surface area contributed by atoms with Crippen LogP contribution >= 0.6 is 0 Å². The van der Waals surface area contributed by atoms with Crippen molar-refractivity contribution in [3.05, 3.63) is 67.0 Å². The minimum Gasteiger partial charge on any atom is -0.490 e. The molecule has 1 atom stereocenters. The summed E-state index contributed by atoms with van der Waals surface area (Å²) in [5.41, 5.74) is 0. The molecule has 0 saturated carbocycles. The van der Waals surface area contributed by atoms with Gasteiger partial charge in [0.05, 0.1) is 12.2 Å². The standard InChI is InChI=1S/C20H21N7O3/c1-14(16-12-21-13-30-16)23-20-22-8-7-17(25-20)24-18-11-19(27-26-18)29-10-9-28-15-5-3-2-4-6-15/h2-8,11-14H,9-10H2,1H3,(H3,22,23,24,25,26,27). The van der Waals surface area contributed by atoms with Crippen molar-refractivity contribution in [2.75, 3.05) is 23.8 Å². The van der Waals surface area contributed by atoms with Crippen molar-refractivity contribution in [3.8, 4) is 11.6 Å². The van der Waals surface area contributed by atoms with Crippen LogP contribution in [0.5, 0.6) is 11.6 Å². The smallest absolute Gasteiger partial charge is 0.234 e. The molecular weight excluding hydrogens is 386 g/mol. The molecule has 3 heterocycles. The van der Waals surface area contributed by atoms with E-state index < -0.39 is 0 Å². The van der Waals surface area contributed by atoms with E-state index in [1.807, 2.05) is 37.3 Å². The molecular formula is C20H21N7O3. The molecule has 0 aliphatic rings. The zero-order valence-corrected chi connectivity index (χ0v) is 16.3. The summed E-state index contributed by atoms with van der Waals surface area (Å²) in [5.74, 6) is 3.65. The second kappa shape index (κ2) is 9.41. The summed E-state index contributed by atoms with van der Waals surface area (Å²) in [4.78, 5) is 12.6. The third-order valence-corrected chi connectivity index (χ3v) is 4.04. The molecule has 10 heteroatoms. The predicted molar refractivity (Wildman–Crippen MR) is 110 cm³/mol. The molecule has 3 aromatic heterocycles. The summed E-state index contributed by atoms with van der Waals surface area (Å²) in [6.45, 7) is 2.73. The average Bonchev–Trinajstić information content (AvgIpc) is 3.45. The number of benzene rings is 1. The molecule has 10 nitrogen and oxygen atoms in total. The number of para-hydroxylation sites is 1. The van der Waals surface area contributed by atoms with Crippen molar-refractivity contribution in [2.24, 2.45) is 0 Å². The topological polar surface area (TPSA) is 123 Å². The van der Waals surface area contributed by atoms with Crippen LogP contribution < -0.4 is 20.1 Å². The van der Waals surface area contributed by atoms with Gasteiger partial charge in [0.1, 0.15) is 36.4 Å². The summed E-state index contributed by atoms with van der Waals surface area (Å²) < 4.78 is 16.5. The first kappa shape index (κ1) is 19.2. The quantitative estimate of drug-likeness (QED) is 0.339. The Kier molecular flexibility index (Phi) is 6.04. The largest absolute Gasteiger partial charge is 0.490 e. The van der Waals surface area contributed by atoms with Crippen LogP contribution in [0, 0.1) is 0 Å². The Labute approximate surface area is 172 Å². The van der Waals surface area contributed by atoms with Gasteiger partial charge in [0.25, 0.3) is 0 Å². The normalized spacial score (nSPS) is 11.6. The average molecular weight is 407 g/mol. The number of ether oxygens (including phenoxy) is 2. The van der Waals surface area contributed by atoms with E-state index in [2.05, 4.69) is 35.8 Å². The summed E-state index contributed by atoms with van der Waals surface area (Å²) in [7, 11) is 0. The van der Waals surface area contributed by atoms with Crippen LogP contribution in [-0.2, 0) is 0 Å². The maximum absolute atomic E-state index is 5.59. The van der Waals surface area contributed by atoms with Crippen molar-refractivity contribution in [2.45, 2.75) is 13.0 Å². The number of hydrogen-bond acceptors (Lipinski definition) is 9. The van der Waals surface area contributed by atoms with E-state index in [1.165, 1.54) is 6.39 Å². The van der Waals surface area contributed by atoms with Gasteiger partial charge >= 0.3 is 0 Å². The van der Waals surface area contributed by atoms with Crippen LogP contribution in [0.15, 0.2) is 65.7 Å². The van der Waals surface area contributed by atoms with E-state index >= 15 is 0 Å². The molecule has 4 rings (SSSR count). The number of rotatable bonds is 10. The van der Waals surface area contributed by atoms with Gasteiger partial charge in [0.15, 0.2) is 6.39 Å². The second-order valence-corrected chi connectivity index (χ2v) is 6.29. The zero-order chi connectivity index (χ0) is 20.6. The van der Waals surface area contributed by atoms with Gasteiger partial charge in [-0.05, 0) is 25.1 Å². The monoisotopic (exact) mass is 407 g/mol. The Morgan fingerprint density at radius 2 is 2.00 bits per heavy atom. The van der Waals surface area contributed by atoms with Crippen molar-refractivity contribution in [1.82, 2.24) is 25.1 Å². The third-order valence-electron chi connectivity index (χ3n) is 4.04. The molecule has 30 heavy (non-hydrogen) atoms. The molecule has 4 aromatic rings. The molecule has 1 unspecified atom stereocenters. The molecule has 0 aliphatic heterocycles. The van der Waals surface area contributed by atoms with Gasteiger partial charge in [-0.1, -0.05) is 18.2 Å². The van der Waals surface area contributed by atoms with E-state index in [4.69, 9.17) is 13.9 Å². The number of aromatic nitrogens is 5. The predicted octanol–water partition coefficient (Wildman–Crippen LogP) is 3.56. The molecule has 0 spiro atoms. The highest BCUT2D eigenvalue weighted by Gasteiger charge is 2.11. The van der Waals surface area contributed by atoms with E-state index in [0.29, 0.717) is 42.4 Å². The number of nitrogens with zero attached hydrogens (tertiary/aromatic N) is 4. The Morgan fingerprint density at radius 3 is 2.83 bits per heavy atom. The molecule has 0 fully saturated rings. The number of H-pyrrole nitrogens is 1. The lowest BCUT2D eigenvalue weighted by Crippen LogP contribution is -2.09. The van der Waals surface area contributed by atoms with Crippen LogP contribution in [0.25, 0.3) is 0 Å². The Hall–Kier alpha value is -4.08. The first-order chi connectivity index (χ1) is 14.8. The van der Waals surface area contributed by atoms with Gasteiger partial charge in [0.2, 0.25) is 11.8 Å². The fourth-order valence-corrected chi connectivity index (χ4v) is 2.60. The summed E-state index contributed by atoms with van der Waals surface area (Å²) >= 11 is 0. The van der Waals surface area contributed by atoms with Crippen molar-refractivity contribution in [3.63, 3.8) is 0 Å². The highest BCUT2D eigenvalue weighted by Crippen LogP contribution is 2.20. The minimum atomic E-state index is -0.118. The maximum atomic E-state index is 5.59. The lowest BCUT2D eigenvalue weighted by Gasteiger charge is -2.11. The summed E-state index contributed by atoms with van der Waals surface area (Å²) in [6, 6.07) is 13.0. The van der Waals surface area contributed by atoms with Crippen molar-refractivity contribution < 1.29 is 13.9 Å². The highest BCUT2D eigenvalue weighted by molar-refractivity contribution is 5.53. The number of oxazole rings is 1. The SMILES string of the molecule is CC(Nc1nccc(Nc2cc(OCCOc3ccccc3)n[nH]2)n1)c1cnco1. The molecule has 154 valence electrons. The molecule has 0 saturated heterocycles. The minimum absolute atomic E-state index is 0.118. The fraction of sp³-hybridized carbons (Fsp3) is 0.200. The van der Waals surface area contributed by atoms with Gasteiger partial charge in [-0.15, -0.1) is 5.10 Å². The lowest BCUT2D eigenvalue weighted by molar-refractivity contribution is 0.212. The molecule has 1 aromatic carbocycles. The number of anilines is 3. The molecule has 3 N–H and O–H groups in total. The zero-order valence-electron chi connectivity index (χ0n) is 16.3. The summed E-state index contributed by atoms with van der Waals surface area (Å²) in [5, 5.41) is 13.3. The van der Waals surface area contributed by atoms with Gasteiger partial charge in [-0.25, -0.2) is 9.97 Å². The van der Waals surface area contributed by atoms with E-state index in [1.54, 1.807) is 24.5 Å². The van der Waals surface area contributed by atoms with Crippen molar-refractivity contribution >= 4 is 17.6 Å². The van der Waals surface area contributed by atoms with E-state index in [0.717, 1.165) is 5.75 Å². The van der Waals surface area contributed by atoms with Crippen LogP contribution in [-0.4, -0.2) is 38.4 Å². The lowest BCUT2D eigenvalue weighted by atomic mass is 10.3. The number of aromatic amines is 1. The van der Waals surface area contributed by atoms with Crippen LogP contribution in [0.4, 0.5) is 17.6 Å². The Morgan fingerprint density at radius 1 is 1.13 bits per heavy atom. The van der Waals surface area contributed by atoms with Gasteiger partial charge in [-0.3, -0.25) is 5.10 Å². The molecule has 0 bridgehead atoms. The van der Waals surface area contributed by atoms with Gasteiger partial charge in [0, 0.05) is 12.3 Å². The fourth-order valence-electron chi connectivity index (χ4n) is 2.60. The van der Waals surface area contributed by atoms with Crippen LogP contribution in [0.3, 0.4) is 0 Å². The molecule has 0 amide bonds. The Balaban J connectivity index is 1.27. The Bertz CT molecular complexity index is 1040. The van der Waals surface area contributed by atoms with Crippen LogP contribution in [0.1, 0.15) is 18.7 Å². The van der Waals surface area contributed by atoms with E-state index in [9.17, 15) is 0 Å². The second-order valence-electron chi connectivity index (χ2n) is 6.29. The maximum Gasteiger partial charge on any atom is 0.234 e.